The van der Waals surface area contributed by atoms with Crippen LogP contribution in [0.3, 0.4) is 0 Å². The molecule has 3 aromatic rings. The van der Waals surface area contributed by atoms with Crippen LogP contribution < -0.4 is 0 Å². The van der Waals surface area contributed by atoms with Crippen LogP contribution >= 0.6 is 11.6 Å². The smallest absolute Gasteiger partial charge is 0.142 e. The molecular formula is C20H17ClFN. The maximum absolute atomic E-state index is 13.5. The highest BCUT2D eigenvalue weighted by Crippen LogP contribution is 2.25. The molecule has 0 amide bonds. The molecule has 1 aromatic heterocycles. The Bertz CT molecular complexity index is 795. The summed E-state index contributed by atoms with van der Waals surface area (Å²) >= 11 is 5.71. The zero-order chi connectivity index (χ0) is 16.2. The van der Waals surface area contributed by atoms with E-state index in [1.807, 2.05) is 18.3 Å². The molecule has 0 radical (unpaired) electrons. The molecule has 3 heteroatoms. The normalized spacial score (nSPS) is 10.7. The second kappa shape index (κ2) is 6.93. The van der Waals surface area contributed by atoms with E-state index in [-0.39, 0.29) is 5.02 Å². The van der Waals surface area contributed by atoms with Gasteiger partial charge in [-0.25, -0.2) is 4.39 Å². The minimum atomic E-state index is -0.429. The van der Waals surface area contributed by atoms with E-state index in [1.54, 1.807) is 12.1 Å². The maximum Gasteiger partial charge on any atom is 0.142 e. The Labute approximate surface area is 140 Å². The maximum atomic E-state index is 13.5. The van der Waals surface area contributed by atoms with E-state index >= 15 is 0 Å². The van der Waals surface area contributed by atoms with Gasteiger partial charge in [0.1, 0.15) is 5.82 Å². The summed E-state index contributed by atoms with van der Waals surface area (Å²) in [6.45, 7) is 2.18. The van der Waals surface area contributed by atoms with Crippen molar-refractivity contribution in [2.24, 2.45) is 0 Å². The number of rotatable bonds is 4. The van der Waals surface area contributed by atoms with Crippen LogP contribution in [0.5, 0.6) is 0 Å². The highest BCUT2D eigenvalue weighted by atomic mass is 35.5. The van der Waals surface area contributed by atoms with E-state index < -0.39 is 5.82 Å². The first kappa shape index (κ1) is 15.7. The molecule has 0 aliphatic heterocycles. The van der Waals surface area contributed by atoms with Gasteiger partial charge in [-0.2, -0.15) is 0 Å². The van der Waals surface area contributed by atoms with Crippen molar-refractivity contribution < 1.29 is 4.39 Å². The number of pyridine rings is 1. The van der Waals surface area contributed by atoms with Crippen LogP contribution in [-0.4, -0.2) is 4.98 Å². The van der Waals surface area contributed by atoms with Gasteiger partial charge >= 0.3 is 0 Å². The van der Waals surface area contributed by atoms with E-state index in [0.717, 1.165) is 35.2 Å². The predicted molar refractivity (Wildman–Crippen MR) is 94.1 cm³/mol. The minimum Gasteiger partial charge on any atom is -0.256 e. The van der Waals surface area contributed by atoms with Gasteiger partial charge in [0.25, 0.3) is 0 Å². The molecular weight excluding hydrogens is 309 g/mol. The fourth-order valence-corrected chi connectivity index (χ4v) is 2.66. The summed E-state index contributed by atoms with van der Waals surface area (Å²) in [7, 11) is 0. The Balaban J connectivity index is 1.85. The van der Waals surface area contributed by atoms with Crippen molar-refractivity contribution in [3.8, 4) is 22.4 Å². The fourth-order valence-electron chi connectivity index (χ4n) is 2.54. The van der Waals surface area contributed by atoms with Crippen LogP contribution in [0.4, 0.5) is 4.39 Å². The van der Waals surface area contributed by atoms with E-state index in [9.17, 15) is 4.39 Å². The first-order valence-corrected chi connectivity index (χ1v) is 8.06. The van der Waals surface area contributed by atoms with Gasteiger partial charge < -0.3 is 0 Å². The third-order valence-corrected chi connectivity index (χ3v) is 4.11. The molecule has 0 saturated carbocycles. The molecule has 0 aliphatic carbocycles. The Kier molecular flexibility index (Phi) is 4.73. The van der Waals surface area contributed by atoms with Crippen LogP contribution in [-0.2, 0) is 6.42 Å². The van der Waals surface area contributed by atoms with Gasteiger partial charge in [0, 0.05) is 17.3 Å². The Morgan fingerprint density at radius 1 is 0.913 bits per heavy atom. The van der Waals surface area contributed by atoms with Crippen molar-refractivity contribution in [2.75, 3.05) is 0 Å². The van der Waals surface area contributed by atoms with E-state index in [1.165, 1.54) is 11.6 Å². The average molecular weight is 326 g/mol. The van der Waals surface area contributed by atoms with E-state index in [0.29, 0.717) is 0 Å². The molecule has 0 saturated heterocycles. The molecule has 0 fully saturated rings. The number of benzene rings is 2. The predicted octanol–water partition coefficient (Wildman–Crippen LogP) is 6.16. The molecule has 116 valence electrons. The standard InChI is InChI=1S/C20H17ClFN/c1-2-3-14-4-6-15(7-5-14)17-9-11-20(23-13-17)16-8-10-18(21)19(22)12-16/h4-13H,2-3H2,1H3. The zero-order valence-electron chi connectivity index (χ0n) is 12.9. The number of halogens is 2. The molecule has 0 bridgehead atoms. The molecule has 2 aromatic carbocycles. The van der Waals surface area contributed by atoms with E-state index in [2.05, 4.69) is 36.2 Å². The topological polar surface area (TPSA) is 12.9 Å². The number of nitrogens with zero attached hydrogens (tertiary/aromatic N) is 1. The molecule has 3 rings (SSSR count). The van der Waals surface area contributed by atoms with Gasteiger partial charge in [-0.1, -0.05) is 61.3 Å². The van der Waals surface area contributed by atoms with Crippen LogP contribution in [0, 0.1) is 5.82 Å². The van der Waals surface area contributed by atoms with Crippen molar-refractivity contribution in [1.82, 2.24) is 4.98 Å². The summed E-state index contributed by atoms with van der Waals surface area (Å²) in [4.78, 5) is 4.45. The van der Waals surface area contributed by atoms with Crippen LogP contribution in [0.15, 0.2) is 60.8 Å². The monoisotopic (exact) mass is 325 g/mol. The number of aryl methyl sites for hydroxylation is 1. The lowest BCUT2D eigenvalue weighted by molar-refractivity contribution is 0.628. The van der Waals surface area contributed by atoms with Crippen molar-refractivity contribution in [3.05, 3.63) is 77.2 Å². The van der Waals surface area contributed by atoms with Gasteiger partial charge in [0.15, 0.2) is 0 Å². The lowest BCUT2D eigenvalue weighted by Crippen LogP contribution is -1.88. The van der Waals surface area contributed by atoms with Crippen molar-refractivity contribution in [2.45, 2.75) is 19.8 Å². The Morgan fingerprint density at radius 3 is 2.22 bits per heavy atom. The highest BCUT2D eigenvalue weighted by molar-refractivity contribution is 6.30. The highest BCUT2D eigenvalue weighted by Gasteiger charge is 2.05. The summed E-state index contributed by atoms with van der Waals surface area (Å²) in [5, 5.41) is 0.123. The molecule has 1 heterocycles. The second-order valence-electron chi connectivity index (χ2n) is 5.51. The lowest BCUT2D eigenvalue weighted by atomic mass is 10.0. The lowest BCUT2D eigenvalue weighted by Gasteiger charge is -2.06. The first-order chi connectivity index (χ1) is 11.2. The van der Waals surface area contributed by atoms with Gasteiger partial charge in [-0.3, -0.25) is 4.98 Å². The molecule has 0 N–H and O–H groups in total. The number of aromatic nitrogens is 1. The first-order valence-electron chi connectivity index (χ1n) is 7.68. The van der Waals surface area contributed by atoms with Crippen LogP contribution in [0.2, 0.25) is 5.02 Å². The fraction of sp³-hybridized carbons (Fsp3) is 0.150. The molecule has 0 aliphatic rings. The van der Waals surface area contributed by atoms with Gasteiger partial charge in [-0.15, -0.1) is 0 Å². The summed E-state index contributed by atoms with van der Waals surface area (Å²) in [5.41, 5.74) is 4.97. The number of hydrogen-bond acceptors (Lipinski definition) is 1. The largest absolute Gasteiger partial charge is 0.256 e. The quantitative estimate of drug-likeness (QED) is 0.559. The summed E-state index contributed by atoms with van der Waals surface area (Å²) < 4.78 is 13.5. The van der Waals surface area contributed by atoms with Crippen molar-refractivity contribution in [3.63, 3.8) is 0 Å². The molecule has 23 heavy (non-hydrogen) atoms. The molecule has 0 atom stereocenters. The molecule has 1 nitrogen and oxygen atoms in total. The third kappa shape index (κ3) is 3.59. The summed E-state index contributed by atoms with van der Waals surface area (Å²) in [5.74, 6) is -0.429. The van der Waals surface area contributed by atoms with Crippen LogP contribution in [0.25, 0.3) is 22.4 Å². The molecule has 0 unspecified atom stereocenters. The Morgan fingerprint density at radius 2 is 1.61 bits per heavy atom. The van der Waals surface area contributed by atoms with Gasteiger partial charge in [0.05, 0.1) is 10.7 Å². The van der Waals surface area contributed by atoms with E-state index in [4.69, 9.17) is 11.6 Å². The average Bonchev–Trinajstić information content (AvgIpc) is 2.59. The van der Waals surface area contributed by atoms with Gasteiger partial charge in [0.2, 0.25) is 0 Å². The summed E-state index contributed by atoms with van der Waals surface area (Å²) in [6, 6.07) is 17.2. The van der Waals surface area contributed by atoms with Crippen molar-refractivity contribution >= 4 is 11.6 Å². The third-order valence-electron chi connectivity index (χ3n) is 3.80. The van der Waals surface area contributed by atoms with Gasteiger partial charge in [-0.05, 0) is 35.7 Å². The molecule has 0 spiro atoms. The SMILES string of the molecule is CCCc1ccc(-c2ccc(-c3ccc(Cl)c(F)c3)nc2)cc1. The Hall–Kier alpha value is -2.19. The minimum absolute atomic E-state index is 0.123. The van der Waals surface area contributed by atoms with Crippen molar-refractivity contribution in [1.29, 1.82) is 0 Å². The van der Waals surface area contributed by atoms with Crippen LogP contribution in [0.1, 0.15) is 18.9 Å². The second-order valence-corrected chi connectivity index (χ2v) is 5.92. The number of hydrogen-bond donors (Lipinski definition) is 0. The summed E-state index contributed by atoms with van der Waals surface area (Å²) in [6.07, 6.45) is 4.06. The zero-order valence-corrected chi connectivity index (χ0v) is 13.6.